The Morgan fingerprint density at radius 1 is 1.10 bits per heavy atom. The predicted molar refractivity (Wildman–Crippen MR) is 82.7 cm³/mol. The molecule has 110 valence electrons. The molecule has 0 unspecified atom stereocenters. The minimum absolute atomic E-state index is 0.864. The first kappa shape index (κ1) is 14.0. The highest BCUT2D eigenvalue weighted by molar-refractivity contribution is 5.09. The average Bonchev–Trinajstić information content (AvgIpc) is 2.51. The molecule has 2 aliphatic heterocycles. The second-order valence-electron chi connectivity index (χ2n) is 6.50. The quantitative estimate of drug-likeness (QED) is 0.912. The Balaban J connectivity index is 1.40. The Bertz CT molecular complexity index is 378. The fourth-order valence-corrected chi connectivity index (χ4v) is 3.65. The molecule has 0 amide bonds. The van der Waals surface area contributed by atoms with Gasteiger partial charge in [-0.25, -0.2) is 0 Å². The summed E-state index contributed by atoms with van der Waals surface area (Å²) >= 11 is 0. The van der Waals surface area contributed by atoms with Crippen LogP contribution >= 0.6 is 0 Å². The molecule has 1 aromatic heterocycles. The topological polar surface area (TPSA) is 28.2 Å². The Morgan fingerprint density at radius 3 is 2.60 bits per heavy atom. The number of aromatic nitrogens is 1. The van der Waals surface area contributed by atoms with E-state index >= 15 is 0 Å². The monoisotopic (exact) mass is 273 g/mol. The number of rotatable bonds is 4. The van der Waals surface area contributed by atoms with Gasteiger partial charge >= 0.3 is 0 Å². The van der Waals surface area contributed by atoms with Crippen LogP contribution in [0.4, 0.5) is 0 Å². The number of pyridine rings is 1. The molecule has 1 aromatic rings. The van der Waals surface area contributed by atoms with Gasteiger partial charge in [0.25, 0.3) is 0 Å². The lowest BCUT2D eigenvalue weighted by atomic mass is 9.89. The van der Waals surface area contributed by atoms with Crippen LogP contribution < -0.4 is 5.32 Å². The minimum Gasteiger partial charge on any atom is -0.317 e. The second kappa shape index (κ2) is 7.19. The number of piperidine rings is 2. The summed E-state index contributed by atoms with van der Waals surface area (Å²) in [5.41, 5.74) is 1.41. The van der Waals surface area contributed by atoms with Crippen molar-refractivity contribution in [3.05, 3.63) is 30.1 Å². The van der Waals surface area contributed by atoms with Gasteiger partial charge in [-0.05, 0) is 81.7 Å². The van der Waals surface area contributed by atoms with Crippen LogP contribution in [-0.4, -0.2) is 42.6 Å². The van der Waals surface area contributed by atoms with Crippen LogP contribution in [0.2, 0.25) is 0 Å². The highest BCUT2D eigenvalue weighted by Crippen LogP contribution is 2.23. The van der Waals surface area contributed by atoms with Crippen molar-refractivity contribution in [2.75, 3.05) is 32.7 Å². The predicted octanol–water partition coefficient (Wildman–Crippen LogP) is 2.34. The molecule has 3 nitrogen and oxygen atoms in total. The largest absolute Gasteiger partial charge is 0.317 e. The maximum atomic E-state index is 4.23. The lowest BCUT2D eigenvalue weighted by Crippen LogP contribution is -2.40. The highest BCUT2D eigenvalue weighted by atomic mass is 15.1. The highest BCUT2D eigenvalue weighted by Gasteiger charge is 2.22. The van der Waals surface area contributed by atoms with E-state index in [2.05, 4.69) is 27.3 Å². The van der Waals surface area contributed by atoms with Crippen molar-refractivity contribution >= 4 is 0 Å². The third-order valence-electron chi connectivity index (χ3n) is 4.93. The molecule has 2 saturated heterocycles. The molecular formula is C17H27N3. The maximum Gasteiger partial charge on any atom is 0.0299 e. The van der Waals surface area contributed by atoms with Gasteiger partial charge in [0.2, 0.25) is 0 Å². The van der Waals surface area contributed by atoms with Crippen LogP contribution in [-0.2, 0) is 6.42 Å². The molecule has 0 spiro atoms. The normalized spacial score (nSPS) is 23.0. The van der Waals surface area contributed by atoms with E-state index < -0.39 is 0 Å². The summed E-state index contributed by atoms with van der Waals surface area (Å²) in [6.45, 7) is 6.38. The Hall–Kier alpha value is -0.930. The number of hydrogen-bond acceptors (Lipinski definition) is 3. The first-order valence-electron chi connectivity index (χ1n) is 8.22. The van der Waals surface area contributed by atoms with E-state index in [9.17, 15) is 0 Å². The van der Waals surface area contributed by atoms with Crippen LogP contribution in [0.15, 0.2) is 24.5 Å². The number of hydrogen-bond donors (Lipinski definition) is 1. The number of likely N-dealkylation sites (tertiary alicyclic amines) is 1. The third kappa shape index (κ3) is 4.03. The molecule has 3 heteroatoms. The van der Waals surface area contributed by atoms with Crippen LogP contribution in [0.1, 0.15) is 31.2 Å². The third-order valence-corrected chi connectivity index (χ3v) is 4.93. The molecule has 2 aliphatic rings. The van der Waals surface area contributed by atoms with Gasteiger partial charge in [-0.3, -0.25) is 4.98 Å². The first-order valence-corrected chi connectivity index (χ1v) is 8.22. The van der Waals surface area contributed by atoms with Crippen LogP contribution in [0.25, 0.3) is 0 Å². The van der Waals surface area contributed by atoms with Crippen molar-refractivity contribution in [2.24, 2.45) is 11.8 Å². The summed E-state index contributed by atoms with van der Waals surface area (Å²) in [5.74, 6) is 1.80. The molecule has 0 saturated carbocycles. The summed E-state index contributed by atoms with van der Waals surface area (Å²) in [5, 5.41) is 3.46. The summed E-state index contributed by atoms with van der Waals surface area (Å²) in [6.07, 6.45) is 10.6. The molecule has 1 N–H and O–H groups in total. The summed E-state index contributed by atoms with van der Waals surface area (Å²) < 4.78 is 0. The van der Waals surface area contributed by atoms with Gasteiger partial charge in [0.15, 0.2) is 0 Å². The first-order chi connectivity index (χ1) is 9.90. The van der Waals surface area contributed by atoms with Gasteiger partial charge in [-0.2, -0.15) is 0 Å². The second-order valence-corrected chi connectivity index (χ2v) is 6.50. The zero-order valence-electron chi connectivity index (χ0n) is 12.4. The van der Waals surface area contributed by atoms with E-state index in [1.807, 2.05) is 12.4 Å². The SMILES string of the molecule is c1cncc(CC2CCN(CC3CCNCC3)CC2)c1. The lowest BCUT2D eigenvalue weighted by Gasteiger charge is -2.35. The lowest BCUT2D eigenvalue weighted by molar-refractivity contribution is 0.148. The van der Waals surface area contributed by atoms with Crippen molar-refractivity contribution in [1.82, 2.24) is 15.2 Å². The standard InChI is InChI=1S/C17H27N3/c1-2-17(13-19-7-1)12-15-5-10-20(11-6-15)14-16-3-8-18-9-4-16/h1-2,7,13,15-16,18H,3-6,8-12,14H2. The smallest absolute Gasteiger partial charge is 0.0299 e. The molecule has 0 atom stereocenters. The minimum atomic E-state index is 0.864. The number of nitrogens with zero attached hydrogens (tertiary/aromatic N) is 2. The van der Waals surface area contributed by atoms with E-state index in [1.54, 1.807) is 0 Å². The Kier molecular flexibility index (Phi) is 5.04. The van der Waals surface area contributed by atoms with E-state index in [1.165, 1.54) is 70.4 Å². The molecule has 20 heavy (non-hydrogen) atoms. The number of nitrogens with one attached hydrogen (secondary N) is 1. The van der Waals surface area contributed by atoms with E-state index in [-0.39, 0.29) is 0 Å². The van der Waals surface area contributed by atoms with E-state index in [0.29, 0.717) is 0 Å². The molecule has 0 aromatic carbocycles. The van der Waals surface area contributed by atoms with Gasteiger partial charge in [0.1, 0.15) is 0 Å². The fraction of sp³-hybridized carbons (Fsp3) is 0.706. The zero-order valence-corrected chi connectivity index (χ0v) is 12.4. The van der Waals surface area contributed by atoms with Gasteiger partial charge < -0.3 is 10.2 Å². The molecular weight excluding hydrogens is 246 g/mol. The van der Waals surface area contributed by atoms with E-state index in [4.69, 9.17) is 0 Å². The summed E-state index contributed by atoms with van der Waals surface area (Å²) in [7, 11) is 0. The van der Waals surface area contributed by atoms with Gasteiger partial charge in [0, 0.05) is 18.9 Å². The molecule has 0 radical (unpaired) electrons. The van der Waals surface area contributed by atoms with E-state index in [0.717, 1.165) is 11.8 Å². The zero-order chi connectivity index (χ0) is 13.6. The van der Waals surface area contributed by atoms with Crippen LogP contribution in [0.5, 0.6) is 0 Å². The summed E-state index contributed by atoms with van der Waals surface area (Å²) in [6, 6.07) is 4.27. The fourth-order valence-electron chi connectivity index (χ4n) is 3.65. The van der Waals surface area contributed by atoms with Crippen molar-refractivity contribution in [3.8, 4) is 0 Å². The molecule has 0 bridgehead atoms. The maximum absolute atomic E-state index is 4.23. The van der Waals surface area contributed by atoms with Crippen LogP contribution in [0.3, 0.4) is 0 Å². The molecule has 0 aliphatic carbocycles. The Morgan fingerprint density at radius 2 is 1.90 bits per heavy atom. The van der Waals surface area contributed by atoms with Crippen molar-refractivity contribution in [1.29, 1.82) is 0 Å². The van der Waals surface area contributed by atoms with Crippen molar-refractivity contribution in [3.63, 3.8) is 0 Å². The average molecular weight is 273 g/mol. The molecule has 3 rings (SSSR count). The van der Waals surface area contributed by atoms with Gasteiger partial charge in [0.05, 0.1) is 0 Å². The van der Waals surface area contributed by atoms with Gasteiger partial charge in [-0.1, -0.05) is 6.07 Å². The van der Waals surface area contributed by atoms with Crippen LogP contribution in [0, 0.1) is 11.8 Å². The van der Waals surface area contributed by atoms with Crippen molar-refractivity contribution in [2.45, 2.75) is 32.1 Å². The van der Waals surface area contributed by atoms with Gasteiger partial charge in [-0.15, -0.1) is 0 Å². The molecule has 3 heterocycles. The molecule has 2 fully saturated rings. The Labute approximate surface area is 122 Å². The summed E-state index contributed by atoms with van der Waals surface area (Å²) in [4.78, 5) is 6.93. The van der Waals surface area contributed by atoms with Crippen molar-refractivity contribution < 1.29 is 0 Å².